The van der Waals surface area contributed by atoms with Crippen molar-refractivity contribution in [1.82, 2.24) is 0 Å². The maximum Gasteiger partial charge on any atom is 0.415 e. The van der Waals surface area contributed by atoms with Crippen LogP contribution in [0.1, 0.15) is 12.5 Å². The first-order valence-electron chi connectivity index (χ1n) is 5.24. The largest absolute Gasteiger partial charge is 0.461 e. The van der Waals surface area contributed by atoms with Gasteiger partial charge in [0.05, 0.1) is 5.69 Å². The summed E-state index contributed by atoms with van der Waals surface area (Å²) < 4.78 is 9.60. The van der Waals surface area contributed by atoms with Gasteiger partial charge in [-0.2, -0.15) is 0 Å². The van der Waals surface area contributed by atoms with Gasteiger partial charge in [0.1, 0.15) is 6.61 Å². The van der Waals surface area contributed by atoms with Crippen LogP contribution in [-0.2, 0) is 20.9 Å². The van der Waals surface area contributed by atoms with E-state index in [1.54, 1.807) is 31.3 Å². The third kappa shape index (κ3) is 3.92. The maximum atomic E-state index is 11.5. The first-order valence-corrected chi connectivity index (χ1v) is 5.77. The molecule has 0 heterocycles. The Labute approximate surface area is 110 Å². The summed E-state index contributed by atoms with van der Waals surface area (Å²) in [7, 11) is 1.56. The normalized spacial score (nSPS) is 9.72. The lowest BCUT2D eigenvalue weighted by Gasteiger charge is -2.19. The van der Waals surface area contributed by atoms with Gasteiger partial charge in [-0.25, -0.2) is 4.79 Å². The molecule has 0 aromatic heterocycles. The van der Waals surface area contributed by atoms with E-state index < -0.39 is 6.09 Å². The van der Waals surface area contributed by atoms with Gasteiger partial charge in [0.2, 0.25) is 0 Å². The Morgan fingerprint density at radius 2 is 1.94 bits per heavy atom. The lowest BCUT2D eigenvalue weighted by atomic mass is 10.2. The number of esters is 1. The van der Waals surface area contributed by atoms with E-state index in [9.17, 15) is 9.59 Å². The minimum absolute atomic E-state index is 0.101. The highest BCUT2D eigenvalue weighted by molar-refractivity contribution is 6.17. The van der Waals surface area contributed by atoms with Crippen LogP contribution in [-0.4, -0.2) is 25.2 Å². The Hall–Kier alpha value is -1.75. The zero-order valence-corrected chi connectivity index (χ0v) is 10.9. The summed E-state index contributed by atoms with van der Waals surface area (Å²) in [6, 6.07) is 6.85. The summed E-state index contributed by atoms with van der Waals surface area (Å²) in [5, 5.41) is 0. The molecule has 1 rings (SSSR count). The number of benzene rings is 1. The van der Waals surface area contributed by atoms with Crippen molar-refractivity contribution in [2.45, 2.75) is 13.5 Å². The number of nitrogens with zero attached hydrogens (tertiary/aromatic N) is 1. The van der Waals surface area contributed by atoms with E-state index in [1.807, 2.05) is 0 Å². The van der Waals surface area contributed by atoms with Crippen molar-refractivity contribution in [3.63, 3.8) is 0 Å². The van der Waals surface area contributed by atoms with Crippen molar-refractivity contribution < 1.29 is 19.1 Å². The molecular weight excluding hydrogens is 258 g/mol. The number of carbonyl (C=O) groups is 2. The van der Waals surface area contributed by atoms with Crippen LogP contribution in [0.5, 0.6) is 0 Å². The highest BCUT2D eigenvalue weighted by atomic mass is 35.5. The predicted octanol–water partition coefficient (Wildman–Crippen LogP) is 2.52. The van der Waals surface area contributed by atoms with E-state index in [0.29, 0.717) is 11.3 Å². The van der Waals surface area contributed by atoms with Crippen LogP contribution < -0.4 is 4.90 Å². The molecule has 0 bridgehead atoms. The Morgan fingerprint density at radius 1 is 1.28 bits per heavy atom. The minimum atomic E-state index is -0.569. The monoisotopic (exact) mass is 271 g/mol. The SMILES string of the molecule is CC(=O)OCc1ccccc1N(C)C(=O)OCCl. The summed E-state index contributed by atoms with van der Waals surface area (Å²) >= 11 is 5.33. The molecule has 1 aromatic rings. The molecule has 0 atom stereocenters. The van der Waals surface area contributed by atoms with Crippen molar-refractivity contribution in [2.75, 3.05) is 18.0 Å². The third-order valence-corrected chi connectivity index (χ3v) is 2.34. The average Bonchev–Trinajstić information content (AvgIpc) is 2.36. The van der Waals surface area contributed by atoms with Gasteiger partial charge in [-0.15, -0.1) is 0 Å². The molecule has 0 aliphatic carbocycles. The van der Waals surface area contributed by atoms with Gasteiger partial charge in [0, 0.05) is 19.5 Å². The summed E-state index contributed by atoms with van der Waals surface area (Å²) in [5.41, 5.74) is 1.32. The van der Waals surface area contributed by atoms with Crippen molar-refractivity contribution in [1.29, 1.82) is 0 Å². The Kier molecular flexibility index (Phi) is 5.45. The molecule has 0 saturated carbocycles. The van der Waals surface area contributed by atoms with Crippen molar-refractivity contribution in [2.24, 2.45) is 0 Å². The number of halogens is 1. The predicted molar refractivity (Wildman–Crippen MR) is 67.5 cm³/mol. The van der Waals surface area contributed by atoms with Gasteiger partial charge in [-0.05, 0) is 6.07 Å². The Bertz CT molecular complexity index is 436. The molecule has 6 heteroatoms. The fourth-order valence-electron chi connectivity index (χ4n) is 1.38. The zero-order chi connectivity index (χ0) is 13.5. The first-order chi connectivity index (χ1) is 8.56. The highest BCUT2D eigenvalue weighted by Gasteiger charge is 2.15. The molecule has 0 N–H and O–H groups in total. The van der Waals surface area contributed by atoms with Gasteiger partial charge < -0.3 is 9.47 Å². The number of alkyl halides is 1. The van der Waals surface area contributed by atoms with Crippen LogP contribution in [0.3, 0.4) is 0 Å². The minimum Gasteiger partial charge on any atom is -0.461 e. The zero-order valence-electron chi connectivity index (χ0n) is 10.2. The number of hydrogen-bond donors (Lipinski definition) is 0. The summed E-state index contributed by atoms with van der Waals surface area (Å²) in [6.07, 6.45) is -0.569. The molecule has 0 saturated heterocycles. The molecule has 0 aliphatic rings. The summed E-state index contributed by atoms with van der Waals surface area (Å²) in [4.78, 5) is 23.6. The molecule has 1 amide bonds. The Morgan fingerprint density at radius 3 is 2.56 bits per heavy atom. The van der Waals surface area contributed by atoms with Crippen LogP contribution in [0.2, 0.25) is 0 Å². The third-order valence-electron chi connectivity index (χ3n) is 2.24. The summed E-state index contributed by atoms with van der Waals surface area (Å²) in [6.45, 7) is 1.43. The molecule has 0 radical (unpaired) electrons. The highest BCUT2D eigenvalue weighted by Crippen LogP contribution is 2.20. The molecule has 0 fully saturated rings. The molecule has 98 valence electrons. The van der Waals surface area contributed by atoms with Crippen molar-refractivity contribution in [3.8, 4) is 0 Å². The van der Waals surface area contributed by atoms with Gasteiger partial charge >= 0.3 is 12.1 Å². The van der Waals surface area contributed by atoms with Crippen molar-refractivity contribution in [3.05, 3.63) is 29.8 Å². The Balaban J connectivity index is 2.86. The van der Waals surface area contributed by atoms with Gasteiger partial charge in [0.25, 0.3) is 0 Å². The second-order valence-electron chi connectivity index (χ2n) is 3.49. The standard InChI is InChI=1S/C12H14ClNO4/c1-9(15)17-7-10-5-3-4-6-11(10)14(2)12(16)18-8-13/h3-6H,7-8H2,1-2H3. The second-order valence-corrected chi connectivity index (χ2v) is 3.71. The van der Waals surface area contributed by atoms with Gasteiger partial charge in [0.15, 0.2) is 6.07 Å². The molecular formula is C12H14ClNO4. The van der Waals surface area contributed by atoms with Crippen molar-refractivity contribution >= 4 is 29.4 Å². The molecule has 1 aromatic carbocycles. The maximum absolute atomic E-state index is 11.5. The number of ether oxygens (including phenoxy) is 2. The van der Waals surface area contributed by atoms with E-state index in [-0.39, 0.29) is 18.6 Å². The van der Waals surface area contributed by atoms with Crippen LogP contribution in [0.4, 0.5) is 10.5 Å². The second kappa shape index (κ2) is 6.86. The van der Waals surface area contributed by atoms with E-state index in [2.05, 4.69) is 4.74 Å². The lowest BCUT2D eigenvalue weighted by molar-refractivity contribution is -0.142. The molecule has 18 heavy (non-hydrogen) atoms. The average molecular weight is 272 g/mol. The lowest BCUT2D eigenvalue weighted by Crippen LogP contribution is -2.27. The topological polar surface area (TPSA) is 55.8 Å². The van der Waals surface area contributed by atoms with Crippen LogP contribution >= 0.6 is 11.6 Å². The number of hydrogen-bond acceptors (Lipinski definition) is 4. The molecule has 0 aliphatic heterocycles. The van der Waals surface area contributed by atoms with E-state index >= 15 is 0 Å². The smallest absolute Gasteiger partial charge is 0.415 e. The number of amides is 1. The number of anilines is 1. The van der Waals surface area contributed by atoms with Crippen LogP contribution in [0.25, 0.3) is 0 Å². The quantitative estimate of drug-likeness (QED) is 0.624. The molecule has 0 spiro atoms. The first kappa shape index (κ1) is 14.3. The fourth-order valence-corrected chi connectivity index (χ4v) is 1.47. The van der Waals surface area contributed by atoms with Crippen LogP contribution in [0, 0.1) is 0 Å². The summed E-state index contributed by atoms with van der Waals surface area (Å²) in [5.74, 6) is -0.379. The fraction of sp³-hybridized carbons (Fsp3) is 0.333. The number of para-hydroxylation sites is 1. The number of rotatable bonds is 4. The van der Waals surface area contributed by atoms with E-state index in [1.165, 1.54) is 11.8 Å². The van der Waals surface area contributed by atoms with E-state index in [0.717, 1.165) is 0 Å². The molecule has 5 nitrogen and oxygen atoms in total. The number of carbonyl (C=O) groups excluding carboxylic acids is 2. The van der Waals surface area contributed by atoms with Gasteiger partial charge in [-0.3, -0.25) is 9.69 Å². The molecule has 0 unspecified atom stereocenters. The van der Waals surface area contributed by atoms with Crippen LogP contribution in [0.15, 0.2) is 24.3 Å². The van der Waals surface area contributed by atoms with E-state index in [4.69, 9.17) is 16.3 Å². The van der Waals surface area contributed by atoms with Gasteiger partial charge in [-0.1, -0.05) is 29.8 Å².